The topological polar surface area (TPSA) is 42.2 Å². The summed E-state index contributed by atoms with van der Waals surface area (Å²) < 4.78 is 4.86. The molecule has 0 spiro atoms. The Labute approximate surface area is 115 Å². The molecule has 5 heteroatoms. The van der Waals surface area contributed by atoms with Crippen molar-refractivity contribution < 1.29 is 9.21 Å². The number of furan rings is 1. The lowest BCUT2D eigenvalue weighted by Gasteiger charge is -2.04. The van der Waals surface area contributed by atoms with Gasteiger partial charge in [0.1, 0.15) is 0 Å². The summed E-state index contributed by atoms with van der Waals surface area (Å²) in [6, 6.07) is 9.25. The zero-order chi connectivity index (χ0) is 13.0. The van der Waals surface area contributed by atoms with Gasteiger partial charge in [0.05, 0.1) is 11.8 Å². The van der Waals surface area contributed by atoms with Gasteiger partial charge in [-0.3, -0.25) is 4.79 Å². The number of rotatable bonds is 4. The number of nitrogens with one attached hydrogen (secondary N) is 1. The Kier molecular flexibility index (Phi) is 4.28. The van der Waals surface area contributed by atoms with Crippen molar-refractivity contribution in [3.05, 3.63) is 58.5 Å². The SMILES string of the molecule is O=C(NCc1ccc(CCl)cc1)c1ccoc1Cl. The highest BCUT2D eigenvalue weighted by molar-refractivity contribution is 6.32. The van der Waals surface area contributed by atoms with Gasteiger partial charge in [-0.15, -0.1) is 11.6 Å². The monoisotopic (exact) mass is 283 g/mol. The van der Waals surface area contributed by atoms with Gasteiger partial charge in [0.2, 0.25) is 5.22 Å². The molecule has 0 fully saturated rings. The van der Waals surface area contributed by atoms with Crippen molar-refractivity contribution in [1.82, 2.24) is 5.32 Å². The minimum absolute atomic E-state index is 0.102. The molecule has 2 aromatic rings. The van der Waals surface area contributed by atoms with Crippen LogP contribution >= 0.6 is 23.2 Å². The summed E-state index contributed by atoms with van der Waals surface area (Å²) in [6.45, 7) is 0.433. The molecule has 0 radical (unpaired) electrons. The number of carbonyl (C=O) groups is 1. The van der Waals surface area contributed by atoms with Crippen molar-refractivity contribution in [1.29, 1.82) is 0 Å². The lowest BCUT2D eigenvalue weighted by atomic mass is 10.1. The van der Waals surface area contributed by atoms with E-state index in [1.807, 2.05) is 24.3 Å². The number of amides is 1. The fourth-order valence-corrected chi connectivity index (χ4v) is 1.86. The van der Waals surface area contributed by atoms with Crippen molar-refractivity contribution in [3.8, 4) is 0 Å². The first-order valence-corrected chi connectivity index (χ1v) is 6.27. The molecule has 1 aromatic carbocycles. The number of alkyl halides is 1. The van der Waals surface area contributed by atoms with E-state index >= 15 is 0 Å². The van der Waals surface area contributed by atoms with Crippen molar-refractivity contribution in [2.45, 2.75) is 12.4 Å². The summed E-state index contributed by atoms with van der Waals surface area (Å²) in [5.74, 6) is 0.229. The summed E-state index contributed by atoms with van der Waals surface area (Å²) in [5.41, 5.74) is 2.38. The third-order valence-corrected chi connectivity index (χ3v) is 3.09. The van der Waals surface area contributed by atoms with Gasteiger partial charge >= 0.3 is 0 Å². The molecule has 0 unspecified atom stereocenters. The highest BCUT2D eigenvalue weighted by Gasteiger charge is 2.12. The summed E-state index contributed by atoms with van der Waals surface area (Å²) in [6.07, 6.45) is 1.38. The van der Waals surface area contributed by atoms with Crippen molar-refractivity contribution in [2.75, 3.05) is 0 Å². The Morgan fingerprint density at radius 2 is 1.83 bits per heavy atom. The van der Waals surface area contributed by atoms with Crippen LogP contribution in [0.25, 0.3) is 0 Å². The van der Waals surface area contributed by atoms with E-state index in [0.717, 1.165) is 11.1 Å². The largest absolute Gasteiger partial charge is 0.452 e. The van der Waals surface area contributed by atoms with Crippen LogP contribution in [0.1, 0.15) is 21.5 Å². The molecule has 0 bridgehead atoms. The summed E-state index contributed by atoms with van der Waals surface area (Å²) >= 11 is 11.4. The van der Waals surface area contributed by atoms with Gasteiger partial charge in [0.15, 0.2) is 0 Å². The molecule has 18 heavy (non-hydrogen) atoms. The molecule has 0 atom stereocenters. The fourth-order valence-electron chi connectivity index (χ4n) is 1.48. The maximum Gasteiger partial charge on any atom is 0.256 e. The Morgan fingerprint density at radius 1 is 1.17 bits per heavy atom. The Morgan fingerprint density at radius 3 is 2.39 bits per heavy atom. The van der Waals surface area contributed by atoms with Crippen molar-refractivity contribution in [2.24, 2.45) is 0 Å². The molecule has 1 amide bonds. The molecule has 0 saturated heterocycles. The molecule has 3 nitrogen and oxygen atoms in total. The van der Waals surface area contributed by atoms with Gasteiger partial charge in [-0.1, -0.05) is 24.3 Å². The summed E-state index contributed by atoms with van der Waals surface area (Å²) in [5, 5.41) is 2.87. The molecule has 0 aliphatic carbocycles. The first-order valence-electron chi connectivity index (χ1n) is 5.35. The zero-order valence-corrected chi connectivity index (χ0v) is 11.0. The van der Waals surface area contributed by atoms with E-state index in [1.54, 1.807) is 0 Å². The van der Waals surface area contributed by atoms with Crippen LogP contribution in [0.4, 0.5) is 0 Å². The van der Waals surface area contributed by atoms with E-state index < -0.39 is 0 Å². The van der Waals surface area contributed by atoms with Crippen LogP contribution in [0.3, 0.4) is 0 Å². The maximum atomic E-state index is 11.7. The molecule has 0 aliphatic heterocycles. The van der Waals surface area contributed by atoms with Crippen LogP contribution in [0.2, 0.25) is 5.22 Å². The molecule has 1 aromatic heterocycles. The third kappa shape index (κ3) is 3.06. The summed E-state index contributed by atoms with van der Waals surface area (Å²) in [4.78, 5) is 11.7. The van der Waals surface area contributed by atoms with Crippen LogP contribution in [0, 0.1) is 0 Å². The molecular weight excluding hydrogens is 273 g/mol. The van der Waals surface area contributed by atoms with Crippen LogP contribution in [-0.2, 0) is 12.4 Å². The number of halogens is 2. The minimum atomic E-state index is -0.254. The average Bonchev–Trinajstić information content (AvgIpc) is 2.83. The smallest absolute Gasteiger partial charge is 0.256 e. The predicted octanol–water partition coefficient (Wildman–Crippen LogP) is 3.60. The van der Waals surface area contributed by atoms with Crippen LogP contribution in [-0.4, -0.2) is 5.91 Å². The Hall–Kier alpha value is -1.45. The van der Waals surface area contributed by atoms with Gasteiger partial charge in [-0.25, -0.2) is 0 Å². The van der Waals surface area contributed by atoms with E-state index in [9.17, 15) is 4.79 Å². The molecular formula is C13H11Cl2NO2. The van der Waals surface area contributed by atoms with Gasteiger partial charge in [0.25, 0.3) is 5.91 Å². The number of hydrogen-bond acceptors (Lipinski definition) is 2. The molecule has 1 N–H and O–H groups in total. The summed E-state index contributed by atoms with van der Waals surface area (Å²) in [7, 11) is 0. The van der Waals surface area contributed by atoms with Crippen molar-refractivity contribution in [3.63, 3.8) is 0 Å². The number of hydrogen-bond donors (Lipinski definition) is 1. The molecule has 0 saturated carbocycles. The second-order valence-corrected chi connectivity index (χ2v) is 4.35. The molecule has 1 heterocycles. The first-order chi connectivity index (χ1) is 8.70. The third-order valence-electron chi connectivity index (χ3n) is 2.49. The van der Waals surface area contributed by atoms with Gasteiger partial charge in [-0.05, 0) is 28.8 Å². The van der Waals surface area contributed by atoms with Gasteiger partial charge < -0.3 is 9.73 Å². The van der Waals surface area contributed by atoms with E-state index in [-0.39, 0.29) is 11.1 Å². The first kappa shape index (κ1) is 13.0. The fraction of sp³-hybridized carbons (Fsp3) is 0.154. The van der Waals surface area contributed by atoms with Crippen LogP contribution in [0.15, 0.2) is 41.0 Å². The molecule has 94 valence electrons. The maximum absolute atomic E-state index is 11.7. The van der Waals surface area contributed by atoms with E-state index in [0.29, 0.717) is 18.0 Å². The Balaban J connectivity index is 1.95. The predicted molar refractivity (Wildman–Crippen MR) is 70.9 cm³/mol. The second-order valence-electron chi connectivity index (χ2n) is 3.74. The molecule has 0 aliphatic rings. The van der Waals surface area contributed by atoms with Gasteiger partial charge in [0, 0.05) is 12.4 Å². The lowest BCUT2D eigenvalue weighted by Crippen LogP contribution is -2.22. The highest BCUT2D eigenvalue weighted by Crippen LogP contribution is 2.16. The van der Waals surface area contributed by atoms with E-state index in [4.69, 9.17) is 27.6 Å². The van der Waals surface area contributed by atoms with Crippen molar-refractivity contribution >= 4 is 29.1 Å². The standard InChI is InChI=1S/C13H11Cl2NO2/c14-7-9-1-3-10(4-2-9)8-16-13(17)11-5-6-18-12(11)15/h1-6H,7-8H2,(H,16,17). The average molecular weight is 284 g/mol. The van der Waals surface area contributed by atoms with E-state index in [2.05, 4.69) is 5.32 Å². The normalized spacial score (nSPS) is 10.3. The number of carbonyl (C=O) groups excluding carboxylic acids is 1. The molecule has 2 rings (SSSR count). The highest BCUT2D eigenvalue weighted by atomic mass is 35.5. The zero-order valence-electron chi connectivity index (χ0n) is 9.45. The Bertz CT molecular complexity index is 534. The van der Waals surface area contributed by atoms with Gasteiger partial charge in [-0.2, -0.15) is 0 Å². The number of benzene rings is 1. The van der Waals surface area contributed by atoms with Crippen LogP contribution in [0.5, 0.6) is 0 Å². The lowest BCUT2D eigenvalue weighted by molar-refractivity contribution is 0.0950. The second kappa shape index (κ2) is 5.94. The minimum Gasteiger partial charge on any atom is -0.452 e. The van der Waals surface area contributed by atoms with E-state index in [1.165, 1.54) is 12.3 Å². The quantitative estimate of drug-likeness (QED) is 0.871. The van der Waals surface area contributed by atoms with Crippen LogP contribution < -0.4 is 5.32 Å².